The second kappa shape index (κ2) is 6.06. The highest BCUT2D eigenvalue weighted by molar-refractivity contribution is 9.10. The molecule has 1 aromatic rings. The Morgan fingerprint density at radius 1 is 1.53 bits per heavy atom. The van der Waals surface area contributed by atoms with E-state index in [1.807, 2.05) is 25.1 Å². The molecule has 0 saturated carbocycles. The molecule has 0 radical (unpaired) electrons. The molecule has 0 bridgehead atoms. The molecule has 1 atom stereocenters. The summed E-state index contributed by atoms with van der Waals surface area (Å²) in [5.41, 5.74) is 1.75. The van der Waals surface area contributed by atoms with E-state index in [-0.39, 0.29) is 11.3 Å². The van der Waals surface area contributed by atoms with E-state index in [0.717, 1.165) is 48.1 Å². The van der Waals surface area contributed by atoms with E-state index in [0.29, 0.717) is 0 Å². The third-order valence-electron chi connectivity index (χ3n) is 4.00. The molecule has 1 saturated heterocycles. The molecule has 1 aliphatic rings. The number of anilines is 1. The summed E-state index contributed by atoms with van der Waals surface area (Å²) in [7, 11) is 0. The summed E-state index contributed by atoms with van der Waals surface area (Å²) in [5, 5.41) is 6.43. The quantitative estimate of drug-likeness (QED) is 0.893. The Bertz CT molecular complexity index is 467. The van der Waals surface area contributed by atoms with Gasteiger partial charge in [0.25, 0.3) is 0 Å². The van der Waals surface area contributed by atoms with Crippen molar-refractivity contribution in [3.63, 3.8) is 0 Å². The van der Waals surface area contributed by atoms with Gasteiger partial charge in [0.2, 0.25) is 5.91 Å². The molecule has 1 aromatic carbocycles. The fourth-order valence-corrected chi connectivity index (χ4v) is 2.96. The predicted octanol–water partition coefficient (Wildman–Crippen LogP) is 3.48. The Balaban J connectivity index is 2.17. The van der Waals surface area contributed by atoms with Crippen LogP contribution < -0.4 is 10.6 Å². The van der Waals surface area contributed by atoms with Crippen LogP contribution in [0.3, 0.4) is 0 Å². The fraction of sp³-hybridized carbons (Fsp3) is 0.533. The molecule has 2 rings (SSSR count). The zero-order chi connectivity index (χ0) is 13.9. The molecule has 0 spiro atoms. The average molecular weight is 325 g/mol. The van der Waals surface area contributed by atoms with Gasteiger partial charge in [0.1, 0.15) is 0 Å². The maximum atomic E-state index is 12.6. The van der Waals surface area contributed by atoms with Gasteiger partial charge in [-0.15, -0.1) is 0 Å². The van der Waals surface area contributed by atoms with Gasteiger partial charge in [-0.25, -0.2) is 0 Å². The number of hydrogen-bond acceptors (Lipinski definition) is 2. The van der Waals surface area contributed by atoms with Crippen LogP contribution in [0.2, 0.25) is 0 Å². The van der Waals surface area contributed by atoms with Crippen LogP contribution in [-0.4, -0.2) is 19.0 Å². The zero-order valence-electron chi connectivity index (χ0n) is 11.6. The molecule has 0 aromatic heterocycles. The Kier molecular flexibility index (Phi) is 4.63. The topological polar surface area (TPSA) is 41.1 Å². The Hall–Kier alpha value is -0.870. The molecule has 19 heavy (non-hydrogen) atoms. The third kappa shape index (κ3) is 3.18. The highest BCUT2D eigenvalue weighted by Crippen LogP contribution is 2.33. The summed E-state index contributed by atoms with van der Waals surface area (Å²) in [6.07, 6.45) is 2.90. The SMILES string of the molecule is CCC1(C(=O)Nc2cc(C)ccc2Br)CCCNC1. The van der Waals surface area contributed by atoms with Crippen molar-refractivity contribution in [2.45, 2.75) is 33.1 Å². The van der Waals surface area contributed by atoms with Gasteiger partial charge >= 0.3 is 0 Å². The molecule has 104 valence electrons. The van der Waals surface area contributed by atoms with Gasteiger partial charge < -0.3 is 10.6 Å². The van der Waals surface area contributed by atoms with E-state index in [1.165, 1.54) is 0 Å². The summed E-state index contributed by atoms with van der Waals surface area (Å²) >= 11 is 3.49. The van der Waals surface area contributed by atoms with Crippen molar-refractivity contribution in [2.75, 3.05) is 18.4 Å². The van der Waals surface area contributed by atoms with E-state index in [1.54, 1.807) is 0 Å². The largest absolute Gasteiger partial charge is 0.325 e. The van der Waals surface area contributed by atoms with E-state index in [2.05, 4.69) is 33.5 Å². The monoisotopic (exact) mass is 324 g/mol. The van der Waals surface area contributed by atoms with Gasteiger partial charge in [-0.2, -0.15) is 0 Å². The normalized spacial score (nSPS) is 23.1. The van der Waals surface area contributed by atoms with Crippen molar-refractivity contribution in [2.24, 2.45) is 5.41 Å². The van der Waals surface area contributed by atoms with Crippen molar-refractivity contribution in [3.05, 3.63) is 28.2 Å². The number of benzene rings is 1. The number of halogens is 1. The minimum Gasteiger partial charge on any atom is -0.325 e. The first-order valence-corrected chi connectivity index (χ1v) is 7.65. The van der Waals surface area contributed by atoms with Crippen LogP contribution in [0.5, 0.6) is 0 Å². The van der Waals surface area contributed by atoms with Gasteiger partial charge in [0.15, 0.2) is 0 Å². The van der Waals surface area contributed by atoms with Crippen molar-refractivity contribution in [1.29, 1.82) is 0 Å². The van der Waals surface area contributed by atoms with Gasteiger partial charge in [-0.3, -0.25) is 4.79 Å². The summed E-state index contributed by atoms with van der Waals surface area (Å²) < 4.78 is 0.932. The Morgan fingerprint density at radius 2 is 2.32 bits per heavy atom. The maximum Gasteiger partial charge on any atom is 0.231 e. The van der Waals surface area contributed by atoms with Gasteiger partial charge in [-0.05, 0) is 66.4 Å². The average Bonchev–Trinajstić information content (AvgIpc) is 2.43. The van der Waals surface area contributed by atoms with Crippen LogP contribution in [0, 0.1) is 12.3 Å². The molecular weight excluding hydrogens is 304 g/mol. The first-order valence-electron chi connectivity index (χ1n) is 6.86. The third-order valence-corrected chi connectivity index (χ3v) is 4.69. The predicted molar refractivity (Wildman–Crippen MR) is 82.3 cm³/mol. The Labute approximate surface area is 123 Å². The highest BCUT2D eigenvalue weighted by Gasteiger charge is 2.37. The first kappa shape index (κ1) is 14.5. The van der Waals surface area contributed by atoms with Crippen LogP contribution in [-0.2, 0) is 4.79 Å². The van der Waals surface area contributed by atoms with Crippen LogP contribution in [0.4, 0.5) is 5.69 Å². The van der Waals surface area contributed by atoms with Crippen LogP contribution in [0.15, 0.2) is 22.7 Å². The molecule has 1 amide bonds. The van der Waals surface area contributed by atoms with Crippen molar-refractivity contribution in [1.82, 2.24) is 5.32 Å². The minimum atomic E-state index is -0.262. The summed E-state index contributed by atoms with van der Waals surface area (Å²) in [4.78, 5) is 12.6. The summed E-state index contributed by atoms with van der Waals surface area (Å²) in [6, 6.07) is 6.00. The molecule has 3 nitrogen and oxygen atoms in total. The molecule has 0 aliphatic carbocycles. The number of carbonyl (C=O) groups is 1. The summed E-state index contributed by atoms with van der Waals surface area (Å²) in [6.45, 7) is 5.92. The molecular formula is C15H21BrN2O. The highest BCUT2D eigenvalue weighted by atomic mass is 79.9. The first-order chi connectivity index (χ1) is 9.07. The molecule has 1 fully saturated rings. The van der Waals surface area contributed by atoms with E-state index in [9.17, 15) is 4.79 Å². The molecule has 1 unspecified atom stereocenters. The van der Waals surface area contributed by atoms with E-state index in [4.69, 9.17) is 0 Å². The van der Waals surface area contributed by atoms with E-state index < -0.39 is 0 Å². The summed E-state index contributed by atoms with van der Waals surface area (Å²) in [5.74, 6) is 0.133. The number of carbonyl (C=O) groups excluding carboxylic acids is 1. The number of rotatable bonds is 3. The van der Waals surface area contributed by atoms with Crippen molar-refractivity contribution < 1.29 is 4.79 Å². The van der Waals surface area contributed by atoms with Crippen molar-refractivity contribution in [3.8, 4) is 0 Å². The van der Waals surface area contributed by atoms with Gasteiger partial charge in [0.05, 0.1) is 11.1 Å². The number of nitrogens with one attached hydrogen (secondary N) is 2. The lowest BCUT2D eigenvalue weighted by Gasteiger charge is -2.35. The lowest BCUT2D eigenvalue weighted by Crippen LogP contribution is -2.47. The van der Waals surface area contributed by atoms with Crippen LogP contribution in [0.1, 0.15) is 31.7 Å². The fourth-order valence-electron chi connectivity index (χ4n) is 2.61. The standard InChI is InChI=1S/C15H21BrN2O/c1-3-15(7-4-8-17-10-15)14(19)18-13-9-11(2)5-6-12(13)16/h5-6,9,17H,3-4,7-8,10H2,1-2H3,(H,18,19). The lowest BCUT2D eigenvalue weighted by molar-refractivity contribution is -0.126. The zero-order valence-corrected chi connectivity index (χ0v) is 13.1. The number of aryl methyl sites for hydroxylation is 1. The van der Waals surface area contributed by atoms with Crippen LogP contribution in [0.25, 0.3) is 0 Å². The van der Waals surface area contributed by atoms with Gasteiger partial charge in [-0.1, -0.05) is 13.0 Å². The number of hydrogen-bond donors (Lipinski definition) is 2. The maximum absolute atomic E-state index is 12.6. The van der Waals surface area contributed by atoms with E-state index >= 15 is 0 Å². The van der Waals surface area contributed by atoms with Crippen molar-refractivity contribution >= 4 is 27.5 Å². The number of piperidine rings is 1. The molecule has 4 heteroatoms. The molecule has 2 N–H and O–H groups in total. The second-order valence-corrected chi connectivity index (χ2v) is 6.21. The minimum absolute atomic E-state index is 0.133. The molecule has 1 heterocycles. The second-order valence-electron chi connectivity index (χ2n) is 5.35. The van der Waals surface area contributed by atoms with Crippen LogP contribution >= 0.6 is 15.9 Å². The molecule has 1 aliphatic heterocycles. The van der Waals surface area contributed by atoms with Gasteiger partial charge in [0, 0.05) is 11.0 Å². The smallest absolute Gasteiger partial charge is 0.231 e. The lowest BCUT2D eigenvalue weighted by atomic mass is 9.77. The number of amides is 1. The Morgan fingerprint density at radius 3 is 2.95 bits per heavy atom.